The first-order valence-electron chi connectivity index (χ1n) is 9.83. The molecule has 0 saturated heterocycles. The molecule has 11 heteroatoms. The van der Waals surface area contributed by atoms with Crippen LogP contribution in [0.2, 0.25) is 0 Å². The second kappa shape index (κ2) is 12.9. The van der Waals surface area contributed by atoms with Crippen LogP contribution in [0.4, 0.5) is 41.6 Å². The van der Waals surface area contributed by atoms with E-state index in [9.17, 15) is 33.4 Å². The van der Waals surface area contributed by atoms with Crippen LogP contribution in [-0.2, 0) is 0 Å². The average molecular weight is 484 g/mol. The van der Waals surface area contributed by atoms with Crippen LogP contribution in [0.3, 0.4) is 0 Å². The van der Waals surface area contributed by atoms with Crippen LogP contribution >= 0.6 is 0 Å². The Bertz CT molecular complexity index is 1280. The lowest BCUT2D eigenvalue weighted by Gasteiger charge is -2.06. The standard InChI is InChI=1S/C12H9FN2O2.C6H3F2NO2.C6H7N/c13-9-6-7-11(12(8-9)15(16)17)14-10-4-2-1-3-5-10;7-4-1-2-5(8)6(3-4)9(10)11;7-6-4-2-1-3-5-6/h1-8,14H;1-3H;1-5H,7H2. The van der Waals surface area contributed by atoms with Crippen molar-refractivity contribution < 1.29 is 23.0 Å². The van der Waals surface area contributed by atoms with Crippen molar-refractivity contribution in [2.45, 2.75) is 0 Å². The number of para-hydroxylation sites is 2. The van der Waals surface area contributed by atoms with E-state index in [1.54, 1.807) is 24.3 Å². The lowest BCUT2D eigenvalue weighted by Crippen LogP contribution is -1.97. The minimum absolute atomic E-state index is 0.266. The van der Waals surface area contributed by atoms with E-state index in [2.05, 4.69) is 5.32 Å². The summed E-state index contributed by atoms with van der Waals surface area (Å²) in [6.07, 6.45) is 0. The third-order valence-corrected chi connectivity index (χ3v) is 4.11. The Morgan fingerprint density at radius 3 is 1.60 bits per heavy atom. The highest BCUT2D eigenvalue weighted by molar-refractivity contribution is 5.69. The first kappa shape index (κ1) is 26.3. The lowest BCUT2D eigenvalue weighted by atomic mass is 10.2. The molecule has 0 radical (unpaired) electrons. The topological polar surface area (TPSA) is 124 Å². The number of hydrogen-bond donors (Lipinski definition) is 2. The molecule has 0 spiro atoms. The van der Waals surface area contributed by atoms with Crippen molar-refractivity contribution in [2.24, 2.45) is 0 Å². The summed E-state index contributed by atoms with van der Waals surface area (Å²) in [5.41, 5.74) is 6.03. The number of halogens is 3. The molecule has 0 aromatic heterocycles. The molecule has 0 fully saturated rings. The number of nitrogen functional groups attached to an aromatic ring is 1. The second-order valence-electron chi connectivity index (χ2n) is 6.67. The largest absolute Gasteiger partial charge is 0.399 e. The van der Waals surface area contributed by atoms with Crippen LogP contribution in [0.15, 0.2) is 97.1 Å². The molecule has 0 atom stereocenters. The minimum Gasteiger partial charge on any atom is -0.399 e. The van der Waals surface area contributed by atoms with Crippen molar-refractivity contribution in [3.63, 3.8) is 0 Å². The van der Waals surface area contributed by atoms with Crippen LogP contribution in [0.5, 0.6) is 0 Å². The number of nitro benzene ring substituents is 2. The SMILES string of the molecule is Nc1ccccc1.O=[N+]([O-])c1cc(F)ccc1F.O=[N+]([O-])c1cc(F)ccc1Nc1ccccc1. The number of anilines is 3. The summed E-state index contributed by atoms with van der Waals surface area (Å²) in [7, 11) is 0. The normalized spacial score (nSPS) is 9.57. The summed E-state index contributed by atoms with van der Waals surface area (Å²) in [5, 5.41) is 23.6. The zero-order valence-electron chi connectivity index (χ0n) is 18.0. The third-order valence-electron chi connectivity index (χ3n) is 4.11. The van der Waals surface area contributed by atoms with Crippen LogP contribution in [0, 0.1) is 37.7 Å². The van der Waals surface area contributed by atoms with Crippen LogP contribution in [0.1, 0.15) is 0 Å². The predicted molar refractivity (Wildman–Crippen MR) is 127 cm³/mol. The minimum atomic E-state index is -1.03. The number of rotatable bonds is 4. The number of nitrogens with zero attached hydrogens (tertiary/aromatic N) is 2. The van der Waals surface area contributed by atoms with Crippen molar-refractivity contribution in [1.29, 1.82) is 0 Å². The molecule has 0 amide bonds. The fourth-order valence-electron chi connectivity index (χ4n) is 2.52. The van der Waals surface area contributed by atoms with Crippen molar-refractivity contribution in [3.05, 3.63) is 135 Å². The Hall–Kier alpha value is -4.93. The molecule has 0 saturated carbocycles. The van der Waals surface area contributed by atoms with Gasteiger partial charge in [0.1, 0.15) is 17.3 Å². The van der Waals surface area contributed by atoms with E-state index >= 15 is 0 Å². The maximum Gasteiger partial charge on any atom is 0.307 e. The monoisotopic (exact) mass is 484 g/mol. The maximum atomic E-state index is 12.9. The van der Waals surface area contributed by atoms with E-state index in [1.165, 1.54) is 12.1 Å². The van der Waals surface area contributed by atoms with Crippen LogP contribution < -0.4 is 11.1 Å². The predicted octanol–water partition coefficient (Wildman–Crippen LogP) is 6.62. The zero-order chi connectivity index (χ0) is 25.8. The molecular weight excluding hydrogens is 465 g/mol. The summed E-state index contributed by atoms with van der Waals surface area (Å²) < 4.78 is 37.6. The van der Waals surface area contributed by atoms with E-state index in [-0.39, 0.29) is 11.4 Å². The Morgan fingerprint density at radius 1 is 0.657 bits per heavy atom. The van der Waals surface area contributed by atoms with Gasteiger partial charge in [-0.25, -0.2) is 8.78 Å². The number of nitro groups is 2. The highest BCUT2D eigenvalue weighted by Gasteiger charge is 2.15. The Balaban J connectivity index is 0.000000205. The van der Waals surface area contributed by atoms with Gasteiger partial charge in [-0.1, -0.05) is 36.4 Å². The van der Waals surface area contributed by atoms with Crippen LogP contribution in [-0.4, -0.2) is 9.85 Å². The molecule has 0 aliphatic heterocycles. The summed E-state index contributed by atoms with van der Waals surface area (Å²) in [4.78, 5) is 19.1. The first-order valence-corrected chi connectivity index (χ1v) is 9.83. The lowest BCUT2D eigenvalue weighted by molar-refractivity contribution is -0.387. The molecule has 0 aliphatic carbocycles. The average Bonchev–Trinajstić information content (AvgIpc) is 2.83. The van der Waals surface area contributed by atoms with Gasteiger partial charge in [0.25, 0.3) is 5.69 Å². The molecule has 35 heavy (non-hydrogen) atoms. The smallest absolute Gasteiger partial charge is 0.307 e. The number of benzene rings is 4. The molecular formula is C24H19F3N4O4. The Morgan fingerprint density at radius 2 is 1.14 bits per heavy atom. The molecule has 3 N–H and O–H groups in total. The van der Waals surface area contributed by atoms with E-state index in [1.807, 2.05) is 36.4 Å². The zero-order valence-corrected chi connectivity index (χ0v) is 18.0. The van der Waals surface area contributed by atoms with Gasteiger partial charge in [0.15, 0.2) is 0 Å². The van der Waals surface area contributed by atoms with Crippen molar-refractivity contribution in [2.75, 3.05) is 11.1 Å². The first-order chi connectivity index (χ1) is 16.7. The molecule has 4 aromatic carbocycles. The van der Waals surface area contributed by atoms with E-state index in [0.717, 1.165) is 17.8 Å². The third kappa shape index (κ3) is 8.85. The van der Waals surface area contributed by atoms with Gasteiger partial charge in [-0.15, -0.1) is 0 Å². The van der Waals surface area contributed by atoms with Gasteiger partial charge in [0.05, 0.1) is 22.0 Å². The van der Waals surface area contributed by atoms with Gasteiger partial charge in [0, 0.05) is 11.4 Å². The quantitative estimate of drug-likeness (QED) is 0.191. The molecule has 0 bridgehead atoms. The highest BCUT2D eigenvalue weighted by atomic mass is 19.1. The van der Waals surface area contributed by atoms with Gasteiger partial charge in [-0.3, -0.25) is 20.2 Å². The summed E-state index contributed by atoms with van der Waals surface area (Å²) in [6.45, 7) is 0. The maximum absolute atomic E-state index is 12.9. The summed E-state index contributed by atoms with van der Waals surface area (Å²) in [6, 6.07) is 24.0. The molecule has 0 aliphatic rings. The van der Waals surface area contributed by atoms with Crippen molar-refractivity contribution >= 4 is 28.4 Å². The fourth-order valence-corrected chi connectivity index (χ4v) is 2.52. The van der Waals surface area contributed by atoms with E-state index in [4.69, 9.17) is 5.73 Å². The van der Waals surface area contributed by atoms with Gasteiger partial charge in [-0.2, -0.15) is 4.39 Å². The van der Waals surface area contributed by atoms with E-state index in [0.29, 0.717) is 17.8 Å². The second-order valence-corrected chi connectivity index (χ2v) is 6.67. The summed E-state index contributed by atoms with van der Waals surface area (Å²) >= 11 is 0. The fraction of sp³-hybridized carbons (Fsp3) is 0. The number of nitrogens with two attached hydrogens (primary N) is 1. The highest BCUT2D eigenvalue weighted by Crippen LogP contribution is 2.28. The van der Waals surface area contributed by atoms with Gasteiger partial charge < -0.3 is 11.1 Å². The number of nitrogens with one attached hydrogen (secondary N) is 1. The Kier molecular flexibility index (Phi) is 9.73. The van der Waals surface area contributed by atoms with Crippen LogP contribution in [0.25, 0.3) is 0 Å². The van der Waals surface area contributed by atoms with E-state index < -0.39 is 33.0 Å². The van der Waals surface area contributed by atoms with Gasteiger partial charge in [0.2, 0.25) is 5.82 Å². The molecule has 0 unspecified atom stereocenters. The molecule has 0 heterocycles. The van der Waals surface area contributed by atoms with Crippen molar-refractivity contribution in [3.8, 4) is 0 Å². The number of hydrogen-bond acceptors (Lipinski definition) is 6. The molecule has 4 rings (SSSR count). The molecule has 8 nitrogen and oxygen atoms in total. The van der Waals surface area contributed by atoms with Gasteiger partial charge >= 0.3 is 5.69 Å². The Labute approximate surface area is 197 Å². The van der Waals surface area contributed by atoms with Crippen molar-refractivity contribution in [1.82, 2.24) is 0 Å². The van der Waals surface area contributed by atoms with Gasteiger partial charge in [-0.05, 0) is 48.5 Å². The molecule has 4 aromatic rings. The summed E-state index contributed by atoms with van der Waals surface area (Å²) in [5.74, 6) is -2.48. The molecule has 180 valence electrons.